The highest BCUT2D eigenvalue weighted by molar-refractivity contribution is 5.86. The molecule has 0 heterocycles. The largest absolute Gasteiger partial charge is 0.470 e. The summed E-state index contributed by atoms with van der Waals surface area (Å²) in [5.41, 5.74) is 3.03. The molecule has 1 N–H and O–H groups in total. The van der Waals surface area contributed by atoms with Gasteiger partial charge in [-0.2, -0.15) is 0 Å². The van der Waals surface area contributed by atoms with Crippen LogP contribution in [0, 0.1) is 0 Å². The highest BCUT2D eigenvalue weighted by Gasteiger charge is 2.20. The Morgan fingerprint density at radius 1 is 1.33 bits per heavy atom. The fourth-order valence-corrected chi connectivity index (χ4v) is 2.09. The van der Waals surface area contributed by atoms with Crippen molar-refractivity contribution in [1.82, 2.24) is 5.32 Å². The van der Waals surface area contributed by atoms with Gasteiger partial charge < -0.3 is 14.8 Å². The summed E-state index contributed by atoms with van der Waals surface area (Å²) >= 11 is 0. The highest BCUT2D eigenvalue weighted by atomic mass is 16.7. The first-order valence-electron chi connectivity index (χ1n) is 5.93. The number of rotatable bonds is 4. The second kappa shape index (κ2) is 5.69. The van der Waals surface area contributed by atoms with E-state index in [1.54, 1.807) is 7.11 Å². The molecule has 18 heavy (non-hydrogen) atoms. The maximum Gasteiger partial charge on any atom is 0.221 e. The molecular formula is C14H17NO3. The fourth-order valence-electron chi connectivity index (χ4n) is 2.09. The van der Waals surface area contributed by atoms with Crippen LogP contribution in [0.3, 0.4) is 0 Å². The van der Waals surface area contributed by atoms with Gasteiger partial charge in [0.25, 0.3) is 0 Å². The third-order valence-corrected chi connectivity index (χ3v) is 2.84. The van der Waals surface area contributed by atoms with Gasteiger partial charge in [-0.05, 0) is 12.0 Å². The molecule has 0 fully saturated rings. The average Bonchev–Trinajstić information content (AvgIpc) is 2.37. The van der Waals surface area contributed by atoms with Crippen LogP contribution >= 0.6 is 0 Å². The molecule has 2 rings (SSSR count). The Labute approximate surface area is 107 Å². The highest BCUT2D eigenvalue weighted by Crippen LogP contribution is 2.30. The second-order valence-electron chi connectivity index (χ2n) is 4.19. The van der Waals surface area contributed by atoms with Gasteiger partial charge in [-0.15, -0.1) is 0 Å². The van der Waals surface area contributed by atoms with Crippen molar-refractivity contribution in [2.75, 3.05) is 13.9 Å². The Balaban J connectivity index is 2.37. The molecule has 0 aliphatic heterocycles. The van der Waals surface area contributed by atoms with Gasteiger partial charge in [0, 0.05) is 26.0 Å². The van der Waals surface area contributed by atoms with E-state index in [1.807, 2.05) is 18.2 Å². The van der Waals surface area contributed by atoms with Gasteiger partial charge >= 0.3 is 0 Å². The van der Waals surface area contributed by atoms with Crippen LogP contribution in [-0.4, -0.2) is 19.8 Å². The van der Waals surface area contributed by atoms with Crippen molar-refractivity contribution in [3.8, 4) is 0 Å². The lowest BCUT2D eigenvalue weighted by Gasteiger charge is -2.23. The summed E-state index contributed by atoms with van der Waals surface area (Å²) in [4.78, 5) is 11.3. The van der Waals surface area contributed by atoms with Crippen LogP contribution < -0.4 is 5.32 Å². The summed E-state index contributed by atoms with van der Waals surface area (Å²) in [6, 6.07) is 8.03. The predicted molar refractivity (Wildman–Crippen MR) is 68.5 cm³/mol. The number of allylic oxidation sites excluding steroid dienone is 1. The quantitative estimate of drug-likeness (QED) is 0.828. The van der Waals surface area contributed by atoms with Crippen molar-refractivity contribution < 1.29 is 14.3 Å². The van der Waals surface area contributed by atoms with Gasteiger partial charge in [-0.25, -0.2) is 0 Å². The van der Waals surface area contributed by atoms with Gasteiger partial charge in [-0.1, -0.05) is 24.3 Å². The molecule has 1 aromatic carbocycles. The van der Waals surface area contributed by atoms with Crippen molar-refractivity contribution in [1.29, 1.82) is 0 Å². The fraction of sp³-hybridized carbons (Fsp3) is 0.357. The zero-order valence-corrected chi connectivity index (χ0v) is 10.7. The normalized spacial score (nSPS) is 14.1. The number of carbonyl (C=O) groups excluding carboxylic acids is 1. The van der Waals surface area contributed by atoms with Crippen LogP contribution in [0.5, 0.6) is 0 Å². The third-order valence-electron chi connectivity index (χ3n) is 2.84. The van der Waals surface area contributed by atoms with Gasteiger partial charge in [0.05, 0.1) is 5.70 Å². The van der Waals surface area contributed by atoms with Crippen molar-refractivity contribution in [2.45, 2.75) is 19.8 Å². The molecule has 4 heteroatoms. The maximum absolute atomic E-state index is 11.3. The van der Waals surface area contributed by atoms with E-state index < -0.39 is 0 Å². The van der Waals surface area contributed by atoms with Crippen LogP contribution in [-0.2, 0) is 20.7 Å². The molecule has 1 aromatic rings. The van der Waals surface area contributed by atoms with Crippen LogP contribution in [0.15, 0.2) is 30.0 Å². The van der Waals surface area contributed by atoms with E-state index in [9.17, 15) is 4.79 Å². The Hall–Kier alpha value is -1.81. The topological polar surface area (TPSA) is 47.6 Å². The molecule has 1 amide bonds. The standard InChI is InChI=1S/C14H17NO3/c1-10(16)15-14-12-6-4-3-5-11(12)7-8-13(14)18-9-17-2/h3-6H,7-9H2,1-2H3,(H,15,16). The number of carbonyl (C=O) groups is 1. The van der Waals surface area contributed by atoms with E-state index in [0.717, 1.165) is 29.9 Å². The van der Waals surface area contributed by atoms with Gasteiger partial charge in [0.1, 0.15) is 5.76 Å². The van der Waals surface area contributed by atoms with Crippen LogP contribution in [0.2, 0.25) is 0 Å². The number of nitrogens with one attached hydrogen (secondary N) is 1. The Kier molecular flexibility index (Phi) is 3.99. The molecule has 0 bridgehead atoms. The number of ether oxygens (including phenoxy) is 2. The number of benzene rings is 1. The van der Waals surface area contributed by atoms with E-state index in [2.05, 4.69) is 11.4 Å². The van der Waals surface area contributed by atoms with Gasteiger partial charge in [0.2, 0.25) is 5.91 Å². The smallest absolute Gasteiger partial charge is 0.221 e. The number of hydrogen-bond donors (Lipinski definition) is 1. The summed E-state index contributed by atoms with van der Waals surface area (Å²) in [5, 5.41) is 2.86. The number of methoxy groups -OCH3 is 1. The van der Waals surface area contributed by atoms with Crippen molar-refractivity contribution in [2.24, 2.45) is 0 Å². The first-order valence-corrected chi connectivity index (χ1v) is 5.93. The molecule has 0 saturated carbocycles. The minimum atomic E-state index is -0.0970. The molecule has 0 atom stereocenters. The van der Waals surface area contributed by atoms with Crippen molar-refractivity contribution in [3.63, 3.8) is 0 Å². The zero-order valence-electron chi connectivity index (χ0n) is 10.7. The van der Waals surface area contributed by atoms with E-state index in [-0.39, 0.29) is 12.7 Å². The van der Waals surface area contributed by atoms with Crippen LogP contribution in [0.4, 0.5) is 0 Å². The summed E-state index contributed by atoms with van der Waals surface area (Å²) < 4.78 is 10.5. The Bertz CT molecular complexity index is 480. The van der Waals surface area contributed by atoms with Gasteiger partial charge in [0.15, 0.2) is 6.79 Å². The molecule has 96 valence electrons. The lowest BCUT2D eigenvalue weighted by molar-refractivity contribution is -0.117. The summed E-state index contributed by atoms with van der Waals surface area (Å²) in [6.07, 6.45) is 1.69. The summed E-state index contributed by atoms with van der Waals surface area (Å²) in [5.74, 6) is 0.686. The number of aryl methyl sites for hydroxylation is 1. The lowest BCUT2D eigenvalue weighted by atomic mass is 9.93. The summed E-state index contributed by atoms with van der Waals surface area (Å²) in [6.45, 7) is 1.69. The van der Waals surface area contributed by atoms with E-state index in [4.69, 9.17) is 9.47 Å². The van der Waals surface area contributed by atoms with E-state index in [1.165, 1.54) is 12.5 Å². The van der Waals surface area contributed by atoms with E-state index >= 15 is 0 Å². The summed E-state index contributed by atoms with van der Waals surface area (Å²) in [7, 11) is 1.58. The molecule has 0 radical (unpaired) electrons. The molecule has 0 unspecified atom stereocenters. The second-order valence-corrected chi connectivity index (χ2v) is 4.19. The number of fused-ring (bicyclic) bond motifs is 1. The molecule has 1 aliphatic carbocycles. The zero-order chi connectivity index (χ0) is 13.0. The van der Waals surface area contributed by atoms with Crippen LogP contribution in [0.25, 0.3) is 5.70 Å². The number of amides is 1. The minimum absolute atomic E-state index is 0.0970. The van der Waals surface area contributed by atoms with Crippen molar-refractivity contribution in [3.05, 3.63) is 41.2 Å². The lowest BCUT2D eigenvalue weighted by Crippen LogP contribution is -2.24. The monoisotopic (exact) mass is 247 g/mol. The maximum atomic E-state index is 11.3. The Morgan fingerprint density at radius 3 is 2.83 bits per heavy atom. The molecule has 0 aromatic heterocycles. The molecule has 0 saturated heterocycles. The molecule has 0 spiro atoms. The Morgan fingerprint density at radius 2 is 2.11 bits per heavy atom. The molecular weight excluding hydrogens is 230 g/mol. The SMILES string of the molecule is COCOC1=C(NC(C)=O)c2ccccc2CC1. The van der Waals surface area contributed by atoms with Crippen LogP contribution in [0.1, 0.15) is 24.5 Å². The minimum Gasteiger partial charge on any atom is -0.470 e. The molecule has 1 aliphatic rings. The van der Waals surface area contributed by atoms with Gasteiger partial charge in [-0.3, -0.25) is 4.79 Å². The third kappa shape index (κ3) is 2.71. The first kappa shape index (κ1) is 12.6. The number of hydrogen-bond acceptors (Lipinski definition) is 3. The first-order chi connectivity index (χ1) is 8.72. The van der Waals surface area contributed by atoms with Crippen molar-refractivity contribution >= 4 is 11.6 Å². The molecule has 4 nitrogen and oxygen atoms in total. The average molecular weight is 247 g/mol. The van der Waals surface area contributed by atoms with E-state index in [0.29, 0.717) is 0 Å². The predicted octanol–water partition coefficient (Wildman–Crippen LogP) is 2.06.